The third-order valence-electron chi connectivity index (χ3n) is 4.13. The first-order valence-electron chi connectivity index (χ1n) is 8.90. The number of amidine groups is 1. The van der Waals surface area contributed by atoms with Crippen molar-refractivity contribution >= 4 is 68.1 Å². The van der Waals surface area contributed by atoms with Gasteiger partial charge in [0, 0.05) is 17.1 Å². The number of rotatable bonds is 5. The van der Waals surface area contributed by atoms with Gasteiger partial charge in [-0.2, -0.15) is 0 Å². The molecule has 0 aromatic heterocycles. The highest BCUT2D eigenvalue weighted by Gasteiger charge is 2.30. The molecule has 1 heterocycles. The minimum Gasteiger partial charge on any atom is -0.495 e. The summed E-state index contributed by atoms with van der Waals surface area (Å²) in [6, 6.07) is 10.3. The third-order valence-corrected chi connectivity index (χ3v) is 5.93. The number of ether oxygens (including phenoxy) is 2. The van der Waals surface area contributed by atoms with E-state index < -0.39 is 0 Å². The highest BCUT2D eigenvalue weighted by molar-refractivity contribution is 9.10. The Kier molecular flexibility index (Phi) is 7.23. The molecule has 1 aliphatic heterocycles. The Morgan fingerprint density at radius 1 is 1.30 bits per heavy atom. The fraction of sp³-hybridized carbons (Fsp3) is 0.190. The Balaban J connectivity index is 1.88. The largest absolute Gasteiger partial charge is 0.495 e. The van der Waals surface area contributed by atoms with Gasteiger partial charge in [-0.15, -0.1) is 0 Å². The van der Waals surface area contributed by atoms with Crippen LogP contribution in [0.2, 0.25) is 5.02 Å². The first-order valence-corrected chi connectivity index (χ1v) is 10.9. The molecule has 6 nitrogen and oxygen atoms in total. The highest BCUT2D eigenvalue weighted by Crippen LogP contribution is 2.38. The zero-order chi connectivity index (χ0) is 21.8. The number of likely N-dealkylation sites (N-methyl/N-ethyl adjacent to an activating group) is 1. The molecule has 156 valence electrons. The van der Waals surface area contributed by atoms with Crippen LogP contribution in [0.1, 0.15) is 22.8 Å². The normalized spacial score (nSPS) is 16.4. The van der Waals surface area contributed by atoms with E-state index in [1.165, 1.54) is 23.8 Å². The van der Waals surface area contributed by atoms with Crippen molar-refractivity contribution in [3.63, 3.8) is 0 Å². The van der Waals surface area contributed by atoms with Crippen molar-refractivity contribution < 1.29 is 19.1 Å². The Hall–Kier alpha value is -2.29. The molecule has 2 aromatic carbocycles. The predicted octanol–water partition coefficient (Wildman–Crippen LogP) is 5.52. The summed E-state index contributed by atoms with van der Waals surface area (Å²) in [7, 11) is 3.19. The number of amides is 1. The summed E-state index contributed by atoms with van der Waals surface area (Å²) >= 11 is 10.9. The molecular formula is C21H18BrClN2O4S. The number of carbonyl (C=O) groups excluding carboxylic acids is 2. The van der Waals surface area contributed by atoms with Crippen molar-refractivity contribution in [3.8, 4) is 5.75 Å². The van der Waals surface area contributed by atoms with Crippen molar-refractivity contribution in [2.45, 2.75) is 6.92 Å². The number of halogens is 2. The topological polar surface area (TPSA) is 68.2 Å². The van der Waals surface area contributed by atoms with Gasteiger partial charge in [0.1, 0.15) is 5.75 Å². The van der Waals surface area contributed by atoms with Gasteiger partial charge in [0.2, 0.25) is 0 Å². The van der Waals surface area contributed by atoms with Gasteiger partial charge in [-0.3, -0.25) is 9.69 Å². The van der Waals surface area contributed by atoms with Crippen LogP contribution in [-0.2, 0) is 9.53 Å². The number of aliphatic imine (C=N–C) groups is 1. The van der Waals surface area contributed by atoms with Gasteiger partial charge in [0.05, 0.1) is 34.9 Å². The van der Waals surface area contributed by atoms with Crippen LogP contribution >= 0.6 is 39.3 Å². The maximum Gasteiger partial charge on any atom is 0.338 e. The molecule has 1 amide bonds. The van der Waals surface area contributed by atoms with E-state index in [4.69, 9.17) is 21.1 Å². The number of benzene rings is 2. The first kappa shape index (κ1) is 22.4. The van der Waals surface area contributed by atoms with Crippen molar-refractivity contribution in [3.05, 3.63) is 61.9 Å². The molecule has 0 bridgehead atoms. The Bertz CT molecular complexity index is 1050. The SMILES string of the molecule is CCOC(=O)c1ccc(N=C2SC(=Cc3cc(Br)cc(Cl)c3OC)C(=O)N2C)cc1. The Morgan fingerprint density at radius 2 is 2.00 bits per heavy atom. The molecule has 0 atom stereocenters. The molecular weight excluding hydrogens is 492 g/mol. The quantitative estimate of drug-likeness (QED) is 0.392. The van der Waals surface area contributed by atoms with Gasteiger partial charge in [-0.1, -0.05) is 27.5 Å². The molecule has 30 heavy (non-hydrogen) atoms. The number of carbonyl (C=O) groups is 2. The molecule has 2 aromatic rings. The monoisotopic (exact) mass is 508 g/mol. The summed E-state index contributed by atoms with van der Waals surface area (Å²) < 4.78 is 11.1. The number of nitrogens with zero attached hydrogens (tertiary/aromatic N) is 2. The van der Waals surface area contributed by atoms with Gasteiger partial charge in [0.25, 0.3) is 5.91 Å². The van der Waals surface area contributed by atoms with Crippen molar-refractivity contribution in [1.29, 1.82) is 0 Å². The van der Waals surface area contributed by atoms with E-state index in [0.717, 1.165) is 4.47 Å². The summed E-state index contributed by atoms with van der Waals surface area (Å²) in [4.78, 5) is 31.0. The van der Waals surface area contributed by atoms with Crippen LogP contribution in [0.15, 0.2) is 50.8 Å². The van der Waals surface area contributed by atoms with E-state index in [1.807, 2.05) is 6.07 Å². The van der Waals surface area contributed by atoms with Crippen LogP contribution in [-0.4, -0.2) is 42.7 Å². The minimum atomic E-state index is -0.383. The number of thioether (sulfide) groups is 1. The van der Waals surface area contributed by atoms with Crippen LogP contribution in [0.3, 0.4) is 0 Å². The van der Waals surface area contributed by atoms with E-state index in [-0.39, 0.29) is 11.9 Å². The lowest BCUT2D eigenvalue weighted by atomic mass is 10.2. The molecule has 1 fully saturated rings. The smallest absolute Gasteiger partial charge is 0.338 e. The minimum absolute atomic E-state index is 0.181. The molecule has 0 aliphatic carbocycles. The van der Waals surface area contributed by atoms with E-state index in [0.29, 0.717) is 44.3 Å². The maximum absolute atomic E-state index is 12.7. The van der Waals surface area contributed by atoms with Gasteiger partial charge in [-0.25, -0.2) is 9.79 Å². The summed E-state index contributed by atoms with van der Waals surface area (Å²) in [5, 5.41) is 0.966. The predicted molar refractivity (Wildman–Crippen MR) is 124 cm³/mol. The molecule has 3 rings (SSSR count). The van der Waals surface area contributed by atoms with E-state index in [9.17, 15) is 9.59 Å². The lowest BCUT2D eigenvalue weighted by Crippen LogP contribution is -2.23. The van der Waals surface area contributed by atoms with Gasteiger partial charge in [-0.05, 0) is 61.2 Å². The second kappa shape index (κ2) is 9.68. The number of esters is 1. The average molecular weight is 510 g/mol. The molecule has 0 N–H and O–H groups in total. The Morgan fingerprint density at radius 3 is 2.63 bits per heavy atom. The molecule has 1 aliphatic rings. The number of hydrogen-bond donors (Lipinski definition) is 0. The van der Waals surface area contributed by atoms with Crippen LogP contribution in [0.25, 0.3) is 6.08 Å². The lowest BCUT2D eigenvalue weighted by Gasteiger charge is -2.08. The van der Waals surface area contributed by atoms with Gasteiger partial charge >= 0.3 is 5.97 Å². The summed E-state index contributed by atoms with van der Waals surface area (Å²) in [6.07, 6.45) is 1.73. The molecule has 0 spiro atoms. The summed E-state index contributed by atoms with van der Waals surface area (Å²) in [5.74, 6) is -0.0745. The standard InChI is InChI=1S/C21H18BrClN2O4S/c1-4-29-20(27)12-5-7-15(8-6-12)24-21-25(2)19(26)17(30-21)10-13-9-14(22)11-16(23)18(13)28-3/h5-11H,4H2,1-3H3. The van der Waals surface area contributed by atoms with Crippen LogP contribution in [0, 0.1) is 0 Å². The highest BCUT2D eigenvalue weighted by atomic mass is 79.9. The van der Waals surface area contributed by atoms with Gasteiger partial charge in [0.15, 0.2) is 5.17 Å². The molecule has 0 radical (unpaired) electrons. The van der Waals surface area contributed by atoms with E-state index >= 15 is 0 Å². The molecule has 1 saturated heterocycles. The third kappa shape index (κ3) is 4.88. The fourth-order valence-corrected chi connectivity index (χ4v) is 4.58. The van der Waals surface area contributed by atoms with Crippen molar-refractivity contribution in [1.82, 2.24) is 4.90 Å². The van der Waals surface area contributed by atoms with Crippen molar-refractivity contribution in [2.75, 3.05) is 20.8 Å². The fourth-order valence-electron chi connectivity index (χ4n) is 2.69. The second-order valence-corrected chi connectivity index (χ2v) is 8.48. The zero-order valence-electron chi connectivity index (χ0n) is 16.4. The lowest BCUT2D eigenvalue weighted by molar-refractivity contribution is -0.121. The maximum atomic E-state index is 12.7. The molecule has 9 heteroatoms. The van der Waals surface area contributed by atoms with Crippen LogP contribution < -0.4 is 4.74 Å². The first-order chi connectivity index (χ1) is 14.3. The average Bonchev–Trinajstić information content (AvgIpc) is 2.96. The summed E-state index contributed by atoms with van der Waals surface area (Å²) in [6.45, 7) is 2.07. The van der Waals surface area contributed by atoms with Crippen LogP contribution in [0.4, 0.5) is 5.69 Å². The number of methoxy groups -OCH3 is 1. The second-order valence-electron chi connectivity index (χ2n) is 6.15. The molecule has 0 saturated carbocycles. The Labute approximate surface area is 192 Å². The summed E-state index contributed by atoms with van der Waals surface area (Å²) in [5.41, 5.74) is 1.75. The van der Waals surface area contributed by atoms with Crippen LogP contribution in [0.5, 0.6) is 5.75 Å². The van der Waals surface area contributed by atoms with E-state index in [1.54, 1.807) is 50.4 Å². The van der Waals surface area contributed by atoms with Crippen molar-refractivity contribution in [2.24, 2.45) is 4.99 Å². The number of hydrogen-bond acceptors (Lipinski definition) is 6. The van der Waals surface area contributed by atoms with Gasteiger partial charge < -0.3 is 9.47 Å². The van der Waals surface area contributed by atoms with E-state index in [2.05, 4.69) is 20.9 Å². The molecule has 0 unspecified atom stereocenters. The zero-order valence-corrected chi connectivity index (χ0v) is 19.6.